The van der Waals surface area contributed by atoms with Crippen molar-refractivity contribution in [1.82, 2.24) is 15.1 Å². The van der Waals surface area contributed by atoms with Crippen LogP contribution in [0.4, 0.5) is 10.2 Å². The SMILES string of the molecule is Fc1ccc(Cl)c(-c2ccc(N[C@@H]3C[C@@H]4CN(C5CCCOC5)C[C@@H]4C3)nn2)c1. The number of likely N-dealkylation sites (tertiary alicyclic amines) is 1. The quantitative estimate of drug-likeness (QED) is 0.807. The third-order valence-electron chi connectivity index (χ3n) is 6.65. The number of benzene rings is 1. The van der Waals surface area contributed by atoms with Gasteiger partial charge in [0.25, 0.3) is 0 Å². The van der Waals surface area contributed by atoms with Crippen molar-refractivity contribution in [3.8, 4) is 11.3 Å². The molecule has 5 nitrogen and oxygen atoms in total. The van der Waals surface area contributed by atoms with Crippen LogP contribution < -0.4 is 5.32 Å². The standard InChI is InChI=1S/C22H26ClFN4O/c23-20-4-3-16(24)10-19(20)21-5-6-22(27-26-21)25-17-8-14-11-28(12-15(14)9-17)18-2-1-7-29-13-18/h3-6,10,14-15,17-18H,1-2,7-9,11-13H2,(H,25,27)/t14-,15+,17-,18?. The first-order valence-electron chi connectivity index (χ1n) is 10.5. The number of nitrogens with zero attached hydrogens (tertiary/aromatic N) is 3. The van der Waals surface area contributed by atoms with Crippen LogP contribution >= 0.6 is 11.6 Å². The van der Waals surface area contributed by atoms with E-state index in [4.69, 9.17) is 16.3 Å². The minimum atomic E-state index is -0.334. The molecule has 1 saturated carbocycles. The maximum Gasteiger partial charge on any atom is 0.148 e. The number of fused-ring (bicyclic) bond motifs is 1. The van der Waals surface area contributed by atoms with Gasteiger partial charge >= 0.3 is 0 Å². The minimum Gasteiger partial charge on any atom is -0.380 e. The Morgan fingerprint density at radius 2 is 1.93 bits per heavy atom. The van der Waals surface area contributed by atoms with Crippen LogP contribution in [0.1, 0.15) is 25.7 Å². The Bertz CT molecular complexity index is 844. The molecule has 2 aliphatic heterocycles. The van der Waals surface area contributed by atoms with Crippen LogP contribution in [0.15, 0.2) is 30.3 Å². The van der Waals surface area contributed by atoms with Gasteiger partial charge < -0.3 is 10.1 Å². The van der Waals surface area contributed by atoms with E-state index in [1.54, 1.807) is 6.07 Å². The van der Waals surface area contributed by atoms with Crippen molar-refractivity contribution >= 4 is 17.4 Å². The van der Waals surface area contributed by atoms with Crippen molar-refractivity contribution < 1.29 is 9.13 Å². The topological polar surface area (TPSA) is 50.3 Å². The molecule has 154 valence electrons. The lowest BCUT2D eigenvalue weighted by atomic mass is 10.0. The van der Waals surface area contributed by atoms with E-state index >= 15 is 0 Å². The molecule has 0 bridgehead atoms. The van der Waals surface area contributed by atoms with Crippen LogP contribution in [0.25, 0.3) is 11.3 Å². The Morgan fingerprint density at radius 1 is 1.10 bits per heavy atom. The predicted octanol–water partition coefficient (Wildman–Crippen LogP) is 4.24. The highest BCUT2D eigenvalue weighted by molar-refractivity contribution is 6.33. The molecule has 0 amide bonds. The number of nitrogens with one attached hydrogen (secondary N) is 1. The van der Waals surface area contributed by atoms with Crippen molar-refractivity contribution in [2.75, 3.05) is 31.6 Å². The number of hydrogen-bond acceptors (Lipinski definition) is 5. The molecule has 3 fully saturated rings. The van der Waals surface area contributed by atoms with Gasteiger partial charge in [0.2, 0.25) is 0 Å². The maximum atomic E-state index is 13.5. The molecule has 0 spiro atoms. The van der Waals surface area contributed by atoms with Crippen molar-refractivity contribution in [2.45, 2.75) is 37.8 Å². The fraction of sp³-hybridized carbons (Fsp3) is 0.545. The predicted molar refractivity (Wildman–Crippen MR) is 111 cm³/mol. The lowest BCUT2D eigenvalue weighted by Gasteiger charge is -2.31. The Kier molecular flexibility index (Phi) is 5.41. The van der Waals surface area contributed by atoms with Gasteiger partial charge in [-0.3, -0.25) is 4.90 Å². The van der Waals surface area contributed by atoms with E-state index in [1.807, 2.05) is 12.1 Å². The van der Waals surface area contributed by atoms with Gasteiger partial charge in [0.05, 0.1) is 17.3 Å². The minimum absolute atomic E-state index is 0.334. The summed E-state index contributed by atoms with van der Waals surface area (Å²) in [7, 11) is 0. The molecule has 0 radical (unpaired) electrons. The van der Waals surface area contributed by atoms with Crippen LogP contribution in [0.5, 0.6) is 0 Å². The lowest BCUT2D eigenvalue weighted by molar-refractivity contribution is 0.0239. The first-order chi connectivity index (χ1) is 14.2. The Balaban J connectivity index is 1.18. The highest BCUT2D eigenvalue weighted by Gasteiger charge is 2.42. The van der Waals surface area contributed by atoms with E-state index in [-0.39, 0.29) is 5.82 Å². The second-order valence-electron chi connectivity index (χ2n) is 8.59. The summed E-state index contributed by atoms with van der Waals surface area (Å²) in [5.41, 5.74) is 1.14. The fourth-order valence-corrected chi connectivity index (χ4v) is 5.43. The summed E-state index contributed by atoms with van der Waals surface area (Å²) in [6, 6.07) is 9.08. The first-order valence-corrected chi connectivity index (χ1v) is 10.9. The average Bonchev–Trinajstić information content (AvgIpc) is 3.30. The summed E-state index contributed by atoms with van der Waals surface area (Å²) < 4.78 is 19.2. The largest absolute Gasteiger partial charge is 0.380 e. The van der Waals surface area contributed by atoms with E-state index < -0.39 is 0 Å². The molecule has 2 saturated heterocycles. The smallest absolute Gasteiger partial charge is 0.148 e. The summed E-state index contributed by atoms with van der Waals surface area (Å²) in [5.74, 6) is 1.95. The van der Waals surface area contributed by atoms with Crippen LogP contribution in [0, 0.1) is 17.7 Å². The molecule has 1 aliphatic carbocycles. The summed E-state index contributed by atoms with van der Waals surface area (Å²) in [6.45, 7) is 4.21. The Hall–Kier alpha value is -1.76. The second-order valence-corrected chi connectivity index (χ2v) is 8.99. The first kappa shape index (κ1) is 19.2. The summed E-state index contributed by atoms with van der Waals surface area (Å²) >= 11 is 6.17. The fourth-order valence-electron chi connectivity index (χ4n) is 5.22. The van der Waals surface area contributed by atoms with E-state index in [0.717, 1.165) is 30.9 Å². The van der Waals surface area contributed by atoms with Crippen LogP contribution in [0.2, 0.25) is 5.02 Å². The van der Waals surface area contributed by atoms with Crippen molar-refractivity contribution in [2.24, 2.45) is 11.8 Å². The number of hydrogen-bond donors (Lipinski definition) is 1. The molecule has 1 unspecified atom stereocenters. The summed E-state index contributed by atoms with van der Waals surface area (Å²) in [4.78, 5) is 2.65. The van der Waals surface area contributed by atoms with E-state index in [2.05, 4.69) is 20.4 Å². The van der Waals surface area contributed by atoms with Gasteiger partial charge in [0.1, 0.15) is 11.6 Å². The molecular weight excluding hydrogens is 391 g/mol. The van der Waals surface area contributed by atoms with Gasteiger partial charge in [0.15, 0.2) is 0 Å². The van der Waals surface area contributed by atoms with Gasteiger partial charge in [-0.15, -0.1) is 10.2 Å². The molecular formula is C22H26ClFN4O. The number of halogens is 2. The Morgan fingerprint density at radius 3 is 2.62 bits per heavy atom. The maximum absolute atomic E-state index is 13.5. The molecule has 3 heterocycles. The molecule has 5 rings (SSSR count). The second kappa shape index (κ2) is 8.17. The lowest BCUT2D eigenvalue weighted by Crippen LogP contribution is -2.40. The number of rotatable bonds is 4. The van der Waals surface area contributed by atoms with Crippen LogP contribution in [-0.2, 0) is 4.74 Å². The molecule has 1 N–H and O–H groups in total. The number of ether oxygens (including phenoxy) is 1. The summed E-state index contributed by atoms with van der Waals surface area (Å²) in [6.07, 6.45) is 4.82. The van der Waals surface area contributed by atoms with Crippen molar-refractivity contribution in [1.29, 1.82) is 0 Å². The van der Waals surface area contributed by atoms with Crippen LogP contribution in [-0.4, -0.2) is 53.5 Å². The number of aromatic nitrogens is 2. The van der Waals surface area contributed by atoms with Crippen molar-refractivity contribution in [3.63, 3.8) is 0 Å². The van der Waals surface area contributed by atoms with Gasteiger partial charge in [0, 0.05) is 37.3 Å². The monoisotopic (exact) mass is 416 g/mol. The molecule has 7 heteroatoms. The van der Waals surface area contributed by atoms with Gasteiger partial charge in [-0.25, -0.2) is 4.39 Å². The van der Waals surface area contributed by atoms with Gasteiger partial charge in [-0.2, -0.15) is 0 Å². The molecule has 3 aliphatic rings. The highest BCUT2D eigenvalue weighted by atomic mass is 35.5. The van der Waals surface area contributed by atoms with Gasteiger partial charge in [-0.05, 0) is 67.9 Å². The average molecular weight is 417 g/mol. The Labute approximate surface area is 175 Å². The van der Waals surface area contributed by atoms with E-state index in [0.29, 0.717) is 28.4 Å². The molecule has 29 heavy (non-hydrogen) atoms. The molecule has 1 aromatic heterocycles. The molecule has 4 atom stereocenters. The van der Waals surface area contributed by atoms with Gasteiger partial charge in [-0.1, -0.05) is 11.6 Å². The zero-order valence-electron chi connectivity index (χ0n) is 16.4. The normalized spacial score (nSPS) is 29.7. The van der Waals surface area contributed by atoms with Crippen LogP contribution in [0.3, 0.4) is 0 Å². The third kappa shape index (κ3) is 4.11. The number of anilines is 1. The zero-order chi connectivity index (χ0) is 19.8. The third-order valence-corrected chi connectivity index (χ3v) is 6.98. The van der Waals surface area contributed by atoms with E-state index in [1.165, 1.54) is 50.9 Å². The molecule has 2 aromatic rings. The van der Waals surface area contributed by atoms with E-state index in [9.17, 15) is 4.39 Å². The summed E-state index contributed by atoms with van der Waals surface area (Å²) in [5, 5.41) is 12.6. The zero-order valence-corrected chi connectivity index (χ0v) is 17.1. The van der Waals surface area contributed by atoms with Crippen molar-refractivity contribution in [3.05, 3.63) is 41.2 Å². The molecule has 1 aromatic carbocycles. The highest BCUT2D eigenvalue weighted by Crippen LogP contribution is 2.40.